The zero-order chi connectivity index (χ0) is 20.4. The van der Waals surface area contributed by atoms with Gasteiger partial charge in [-0.3, -0.25) is 9.78 Å². The molecule has 0 saturated carbocycles. The Labute approximate surface area is 158 Å². The van der Waals surface area contributed by atoms with Crippen molar-refractivity contribution in [1.29, 1.82) is 5.26 Å². The summed E-state index contributed by atoms with van der Waals surface area (Å²) in [5, 5.41) is 12.8. The molecule has 0 aliphatic rings. The van der Waals surface area contributed by atoms with E-state index in [1.807, 2.05) is 0 Å². The number of nitrogens with zero attached hydrogens (tertiary/aromatic N) is 4. The Morgan fingerprint density at radius 2 is 1.89 bits per heavy atom. The average Bonchev–Trinajstić information content (AvgIpc) is 2.65. The Morgan fingerprint density at radius 3 is 2.46 bits per heavy atom. The number of nitriles is 1. The van der Waals surface area contributed by atoms with Gasteiger partial charge < -0.3 is 15.2 Å². The fourth-order valence-electron chi connectivity index (χ4n) is 2.65. The number of nitrogens with two attached hydrogens (primary N) is 1. The summed E-state index contributed by atoms with van der Waals surface area (Å²) in [6.07, 6.45) is 1.48. The Hall–Kier alpha value is -4.13. The third-order valence-corrected chi connectivity index (χ3v) is 3.89. The third-order valence-electron chi connectivity index (χ3n) is 3.89. The molecule has 3 aromatic rings. The molecule has 0 bridgehead atoms. The maximum atomic E-state index is 12.1. The molecule has 0 radical (unpaired) electrons. The van der Waals surface area contributed by atoms with Crippen molar-refractivity contribution in [1.82, 2.24) is 19.7 Å². The van der Waals surface area contributed by atoms with Gasteiger partial charge >= 0.3 is 5.69 Å². The van der Waals surface area contributed by atoms with Gasteiger partial charge in [-0.05, 0) is 37.1 Å². The highest BCUT2D eigenvalue weighted by molar-refractivity contribution is 5.54. The fourth-order valence-corrected chi connectivity index (χ4v) is 2.65. The minimum Gasteiger partial charge on any atom is -0.480 e. The number of aromatic amines is 1. The van der Waals surface area contributed by atoms with E-state index in [2.05, 4.69) is 15.1 Å². The zero-order valence-electron chi connectivity index (χ0n) is 15.3. The lowest BCUT2D eigenvalue weighted by molar-refractivity contribution is 0.397. The molecule has 2 aromatic heterocycles. The number of ether oxygens (including phenoxy) is 2. The monoisotopic (exact) mass is 380 g/mol. The molecule has 0 atom stereocenters. The molecular weight excluding hydrogens is 364 g/mol. The number of benzene rings is 1. The van der Waals surface area contributed by atoms with Gasteiger partial charge in [-0.15, -0.1) is 5.10 Å². The average molecular weight is 380 g/mol. The smallest absolute Gasteiger partial charge is 0.349 e. The molecule has 1 aromatic carbocycles. The van der Waals surface area contributed by atoms with Crippen molar-refractivity contribution in [3.8, 4) is 29.1 Å². The topological polar surface area (TPSA) is 149 Å². The molecule has 10 heteroatoms. The number of anilines is 1. The number of hydrogen-bond donors (Lipinski definition) is 2. The van der Waals surface area contributed by atoms with Gasteiger partial charge in [0.25, 0.3) is 5.56 Å². The third kappa shape index (κ3) is 3.41. The summed E-state index contributed by atoms with van der Waals surface area (Å²) in [4.78, 5) is 29.7. The molecule has 0 amide bonds. The van der Waals surface area contributed by atoms with Crippen LogP contribution in [-0.4, -0.2) is 26.9 Å². The number of nitrogen functional groups attached to an aromatic ring is 1. The predicted octanol–water partition coefficient (Wildman–Crippen LogP) is 1.19. The summed E-state index contributed by atoms with van der Waals surface area (Å²) in [7, 11) is 1.47. The van der Waals surface area contributed by atoms with Crippen molar-refractivity contribution in [2.75, 3.05) is 12.8 Å². The maximum absolute atomic E-state index is 12.1. The van der Waals surface area contributed by atoms with E-state index in [1.165, 1.54) is 13.3 Å². The van der Waals surface area contributed by atoms with Gasteiger partial charge in [0.05, 0.1) is 24.7 Å². The van der Waals surface area contributed by atoms with Crippen LogP contribution in [0.2, 0.25) is 0 Å². The van der Waals surface area contributed by atoms with Crippen LogP contribution >= 0.6 is 0 Å². The van der Waals surface area contributed by atoms with Gasteiger partial charge in [0.1, 0.15) is 17.6 Å². The summed E-state index contributed by atoms with van der Waals surface area (Å²) >= 11 is 0. The van der Waals surface area contributed by atoms with Crippen LogP contribution < -0.4 is 26.5 Å². The number of aryl methyl sites for hydroxylation is 2. The molecule has 0 fully saturated rings. The standard InChI is InChI=1S/C18H16N6O4/c1-9-4-11(24-18(26)22-16(25)14(7-19)23-24)5-10(2)15(9)28-12-6-13(20)17(27-3)21-8-12/h4-6,8H,20H2,1-3H3,(H,22,25,26). The molecule has 0 aliphatic heterocycles. The van der Waals surface area contributed by atoms with Crippen LogP contribution in [0.15, 0.2) is 34.0 Å². The molecule has 10 nitrogen and oxygen atoms in total. The van der Waals surface area contributed by atoms with E-state index in [1.54, 1.807) is 38.1 Å². The highest BCUT2D eigenvalue weighted by Gasteiger charge is 2.13. The first-order valence-electron chi connectivity index (χ1n) is 8.06. The first kappa shape index (κ1) is 18.7. The molecule has 3 N–H and O–H groups in total. The second-order valence-electron chi connectivity index (χ2n) is 5.91. The van der Waals surface area contributed by atoms with Gasteiger partial charge in [0.15, 0.2) is 0 Å². The summed E-state index contributed by atoms with van der Waals surface area (Å²) < 4.78 is 11.9. The molecule has 142 valence electrons. The Morgan fingerprint density at radius 1 is 1.21 bits per heavy atom. The summed E-state index contributed by atoms with van der Waals surface area (Å²) in [5.74, 6) is 1.27. The number of aromatic nitrogens is 4. The Bertz CT molecular complexity index is 1200. The number of hydrogen-bond acceptors (Lipinski definition) is 8. The van der Waals surface area contributed by atoms with Crippen molar-refractivity contribution < 1.29 is 9.47 Å². The van der Waals surface area contributed by atoms with E-state index >= 15 is 0 Å². The maximum Gasteiger partial charge on any atom is 0.349 e. The summed E-state index contributed by atoms with van der Waals surface area (Å²) in [6.45, 7) is 3.57. The molecular formula is C18H16N6O4. The zero-order valence-corrected chi connectivity index (χ0v) is 15.3. The van der Waals surface area contributed by atoms with E-state index < -0.39 is 16.9 Å². The Kier molecular flexibility index (Phi) is 4.82. The van der Waals surface area contributed by atoms with Gasteiger partial charge in [-0.1, -0.05) is 0 Å². The first-order valence-corrected chi connectivity index (χ1v) is 8.06. The number of nitrogens with one attached hydrogen (secondary N) is 1. The minimum absolute atomic E-state index is 0.299. The number of rotatable bonds is 4. The van der Waals surface area contributed by atoms with Crippen LogP contribution in [-0.2, 0) is 0 Å². The quantitative estimate of drug-likeness (QED) is 0.685. The van der Waals surface area contributed by atoms with Crippen LogP contribution in [0, 0.1) is 25.2 Å². The van der Waals surface area contributed by atoms with Crippen molar-refractivity contribution in [2.45, 2.75) is 13.8 Å². The Balaban J connectivity index is 2.03. The normalized spacial score (nSPS) is 10.4. The molecule has 28 heavy (non-hydrogen) atoms. The largest absolute Gasteiger partial charge is 0.480 e. The van der Waals surface area contributed by atoms with E-state index in [0.717, 1.165) is 4.68 Å². The van der Waals surface area contributed by atoms with Crippen molar-refractivity contribution in [3.05, 3.63) is 62.1 Å². The van der Waals surface area contributed by atoms with E-state index in [4.69, 9.17) is 20.5 Å². The highest BCUT2D eigenvalue weighted by atomic mass is 16.5. The van der Waals surface area contributed by atoms with Gasteiger partial charge in [0.2, 0.25) is 11.6 Å². The molecule has 3 rings (SSSR count). The van der Waals surface area contributed by atoms with Crippen LogP contribution in [0.3, 0.4) is 0 Å². The second-order valence-corrected chi connectivity index (χ2v) is 5.91. The van der Waals surface area contributed by atoms with E-state index in [9.17, 15) is 9.59 Å². The molecule has 0 saturated heterocycles. The van der Waals surface area contributed by atoms with Crippen LogP contribution in [0.1, 0.15) is 16.8 Å². The number of methoxy groups -OCH3 is 1. The lowest BCUT2D eigenvalue weighted by Gasteiger charge is -2.14. The molecule has 0 unspecified atom stereocenters. The highest BCUT2D eigenvalue weighted by Crippen LogP contribution is 2.32. The molecule has 2 heterocycles. The summed E-state index contributed by atoms with van der Waals surface area (Å²) in [6, 6.07) is 6.54. The van der Waals surface area contributed by atoms with Crippen molar-refractivity contribution in [3.63, 3.8) is 0 Å². The minimum atomic E-state index is -0.832. The van der Waals surface area contributed by atoms with Crippen LogP contribution in [0.25, 0.3) is 5.69 Å². The number of H-pyrrole nitrogens is 1. The lowest BCUT2D eigenvalue weighted by Crippen LogP contribution is -2.33. The van der Waals surface area contributed by atoms with Gasteiger partial charge in [0, 0.05) is 6.07 Å². The second kappa shape index (κ2) is 7.24. The molecule has 0 aliphatic carbocycles. The van der Waals surface area contributed by atoms with Crippen LogP contribution in [0.5, 0.6) is 17.4 Å². The van der Waals surface area contributed by atoms with Crippen molar-refractivity contribution in [2.24, 2.45) is 0 Å². The molecule has 0 spiro atoms. The van der Waals surface area contributed by atoms with E-state index in [0.29, 0.717) is 39.9 Å². The summed E-state index contributed by atoms with van der Waals surface area (Å²) in [5.41, 5.74) is 5.97. The SMILES string of the molecule is COc1ncc(Oc2c(C)cc(-n3nc(C#N)c(=O)[nH]c3=O)cc2C)cc1N. The van der Waals surface area contributed by atoms with Crippen molar-refractivity contribution >= 4 is 5.69 Å². The first-order chi connectivity index (χ1) is 13.3. The van der Waals surface area contributed by atoms with Gasteiger partial charge in [-0.25, -0.2) is 9.78 Å². The van der Waals surface area contributed by atoms with Crippen LogP contribution in [0.4, 0.5) is 5.69 Å². The predicted molar refractivity (Wildman–Crippen MR) is 99.9 cm³/mol. The van der Waals surface area contributed by atoms with Gasteiger partial charge in [-0.2, -0.15) is 9.94 Å². The number of pyridine rings is 1. The lowest BCUT2D eigenvalue weighted by atomic mass is 10.1. The van der Waals surface area contributed by atoms with E-state index in [-0.39, 0.29) is 0 Å². The fraction of sp³-hybridized carbons (Fsp3) is 0.167.